The van der Waals surface area contributed by atoms with Crippen LogP contribution in [0.25, 0.3) is 0 Å². The van der Waals surface area contributed by atoms with Crippen molar-refractivity contribution in [2.45, 2.75) is 39.5 Å². The van der Waals surface area contributed by atoms with E-state index in [0.717, 1.165) is 0 Å². The summed E-state index contributed by atoms with van der Waals surface area (Å²) in [7, 11) is 0. The second-order valence-corrected chi connectivity index (χ2v) is 4.94. The van der Waals surface area contributed by atoms with Gasteiger partial charge in [-0.05, 0) is 18.4 Å². The van der Waals surface area contributed by atoms with E-state index in [1.54, 1.807) is 18.2 Å². The molecule has 0 aliphatic heterocycles. The van der Waals surface area contributed by atoms with E-state index in [2.05, 4.69) is 10.1 Å². The first-order valence-corrected chi connectivity index (χ1v) is 6.46. The molecule has 0 fully saturated rings. The van der Waals surface area contributed by atoms with E-state index < -0.39 is 12.7 Å². The van der Waals surface area contributed by atoms with E-state index in [4.69, 9.17) is 5.73 Å². The number of carbonyl (C=O) groups excluding carboxylic acids is 1. The maximum absolute atomic E-state index is 12.2. The number of hydrogen-bond acceptors (Lipinski definition) is 3. The molecule has 1 rings (SSSR count). The lowest BCUT2D eigenvalue weighted by Crippen LogP contribution is -2.41. The molecule has 6 heteroatoms. The van der Waals surface area contributed by atoms with Crippen LogP contribution in [0.1, 0.15) is 25.8 Å². The molecular formula is C14H20F2N2O2. The summed E-state index contributed by atoms with van der Waals surface area (Å²) in [5.74, 6) is 0.0657. The molecule has 0 bridgehead atoms. The lowest BCUT2D eigenvalue weighted by Gasteiger charge is -2.15. The highest BCUT2D eigenvalue weighted by Crippen LogP contribution is 2.20. The number of amides is 1. The zero-order valence-corrected chi connectivity index (χ0v) is 11.6. The van der Waals surface area contributed by atoms with Crippen LogP contribution < -0.4 is 15.8 Å². The second kappa shape index (κ2) is 7.79. The van der Waals surface area contributed by atoms with Crippen molar-refractivity contribution in [3.8, 4) is 5.75 Å². The van der Waals surface area contributed by atoms with Crippen LogP contribution in [0.4, 0.5) is 8.78 Å². The van der Waals surface area contributed by atoms with Crippen molar-refractivity contribution in [3.63, 3.8) is 0 Å². The molecule has 20 heavy (non-hydrogen) atoms. The van der Waals surface area contributed by atoms with Gasteiger partial charge in [0.1, 0.15) is 5.75 Å². The van der Waals surface area contributed by atoms with Gasteiger partial charge < -0.3 is 15.8 Å². The monoisotopic (exact) mass is 286 g/mol. The first-order valence-electron chi connectivity index (χ1n) is 6.46. The normalized spacial score (nSPS) is 12.6. The van der Waals surface area contributed by atoms with E-state index in [1.807, 2.05) is 13.8 Å². The van der Waals surface area contributed by atoms with Crippen LogP contribution in [-0.4, -0.2) is 18.6 Å². The fourth-order valence-electron chi connectivity index (χ4n) is 1.79. The summed E-state index contributed by atoms with van der Waals surface area (Å²) in [6, 6.07) is 5.73. The number of alkyl halides is 2. The van der Waals surface area contributed by atoms with E-state index in [1.165, 1.54) is 6.07 Å². The van der Waals surface area contributed by atoms with Gasteiger partial charge in [0.15, 0.2) is 0 Å². The summed E-state index contributed by atoms with van der Waals surface area (Å²) in [4.78, 5) is 11.8. The van der Waals surface area contributed by atoms with Crippen LogP contribution in [0.3, 0.4) is 0 Å². The smallest absolute Gasteiger partial charge is 0.387 e. The molecule has 0 saturated carbocycles. The molecular weight excluding hydrogens is 266 g/mol. The number of halogens is 2. The fourth-order valence-corrected chi connectivity index (χ4v) is 1.79. The SMILES string of the molecule is CC(C)CC(N)C(=O)NCc1ccccc1OC(F)F. The van der Waals surface area contributed by atoms with Crippen LogP contribution in [0.2, 0.25) is 0 Å². The number of carbonyl (C=O) groups is 1. The summed E-state index contributed by atoms with van der Waals surface area (Å²) < 4.78 is 28.9. The van der Waals surface area contributed by atoms with Crippen molar-refractivity contribution in [1.29, 1.82) is 0 Å². The lowest BCUT2D eigenvalue weighted by atomic mass is 10.0. The number of rotatable bonds is 7. The molecule has 0 aliphatic carbocycles. The molecule has 3 N–H and O–H groups in total. The van der Waals surface area contributed by atoms with Crippen molar-refractivity contribution < 1.29 is 18.3 Å². The maximum atomic E-state index is 12.2. The molecule has 1 aromatic carbocycles. The topological polar surface area (TPSA) is 64.4 Å². The predicted molar refractivity (Wildman–Crippen MR) is 72.4 cm³/mol. The van der Waals surface area contributed by atoms with E-state index in [0.29, 0.717) is 17.9 Å². The van der Waals surface area contributed by atoms with Crippen LogP contribution in [-0.2, 0) is 11.3 Å². The Balaban J connectivity index is 2.59. The largest absolute Gasteiger partial charge is 0.434 e. The molecule has 4 nitrogen and oxygen atoms in total. The minimum Gasteiger partial charge on any atom is -0.434 e. The van der Waals surface area contributed by atoms with E-state index in [9.17, 15) is 13.6 Å². The molecule has 1 atom stereocenters. The summed E-state index contributed by atoms with van der Waals surface area (Å²) in [5, 5.41) is 2.63. The molecule has 112 valence electrons. The number of benzene rings is 1. The Morgan fingerprint density at radius 3 is 2.60 bits per heavy atom. The van der Waals surface area contributed by atoms with Crippen LogP contribution in [0.15, 0.2) is 24.3 Å². The van der Waals surface area contributed by atoms with Crippen molar-refractivity contribution in [2.24, 2.45) is 11.7 Å². The molecule has 1 aromatic rings. The Morgan fingerprint density at radius 1 is 1.35 bits per heavy atom. The first kappa shape index (κ1) is 16.4. The number of hydrogen-bond donors (Lipinski definition) is 2. The van der Waals surface area contributed by atoms with Crippen molar-refractivity contribution in [2.75, 3.05) is 0 Å². The van der Waals surface area contributed by atoms with Gasteiger partial charge in [0, 0.05) is 12.1 Å². The van der Waals surface area contributed by atoms with Crippen LogP contribution in [0, 0.1) is 5.92 Å². The third-order valence-corrected chi connectivity index (χ3v) is 2.70. The maximum Gasteiger partial charge on any atom is 0.387 e. The molecule has 1 amide bonds. The van der Waals surface area contributed by atoms with Gasteiger partial charge in [-0.3, -0.25) is 4.79 Å². The molecule has 0 radical (unpaired) electrons. The molecule has 0 aliphatic rings. The van der Waals surface area contributed by atoms with Gasteiger partial charge in [0.2, 0.25) is 5.91 Å². The van der Waals surface area contributed by atoms with Crippen molar-refractivity contribution in [1.82, 2.24) is 5.32 Å². The van der Waals surface area contributed by atoms with E-state index >= 15 is 0 Å². The van der Waals surface area contributed by atoms with Gasteiger partial charge in [-0.1, -0.05) is 32.0 Å². The van der Waals surface area contributed by atoms with Gasteiger partial charge in [-0.15, -0.1) is 0 Å². The minimum absolute atomic E-state index is 0.0558. The van der Waals surface area contributed by atoms with Crippen LogP contribution in [0.5, 0.6) is 5.75 Å². The molecule has 0 heterocycles. The molecule has 0 aromatic heterocycles. The van der Waals surface area contributed by atoms with Crippen molar-refractivity contribution >= 4 is 5.91 Å². The Labute approximate surface area is 117 Å². The van der Waals surface area contributed by atoms with Gasteiger partial charge in [-0.2, -0.15) is 8.78 Å². The summed E-state index contributed by atoms with van der Waals surface area (Å²) >= 11 is 0. The summed E-state index contributed by atoms with van der Waals surface area (Å²) in [5.41, 5.74) is 6.22. The Morgan fingerprint density at radius 2 is 2.00 bits per heavy atom. The highest BCUT2D eigenvalue weighted by Gasteiger charge is 2.15. The Kier molecular flexibility index (Phi) is 6.38. The lowest BCUT2D eigenvalue weighted by molar-refractivity contribution is -0.122. The predicted octanol–water partition coefficient (Wildman–Crippen LogP) is 2.28. The summed E-state index contributed by atoms with van der Waals surface area (Å²) in [6.45, 7) is 1.15. The number of nitrogens with one attached hydrogen (secondary N) is 1. The fraction of sp³-hybridized carbons (Fsp3) is 0.500. The zero-order valence-electron chi connectivity index (χ0n) is 11.6. The second-order valence-electron chi connectivity index (χ2n) is 4.94. The van der Waals surface area contributed by atoms with Crippen LogP contribution >= 0.6 is 0 Å². The average molecular weight is 286 g/mol. The summed E-state index contributed by atoms with van der Waals surface area (Å²) in [6.07, 6.45) is 0.570. The third-order valence-electron chi connectivity index (χ3n) is 2.70. The van der Waals surface area contributed by atoms with Gasteiger partial charge >= 0.3 is 6.61 Å². The van der Waals surface area contributed by atoms with E-state index in [-0.39, 0.29) is 18.2 Å². The first-order chi connectivity index (χ1) is 9.40. The number of nitrogens with two attached hydrogens (primary N) is 1. The Hall–Kier alpha value is -1.69. The van der Waals surface area contributed by atoms with Gasteiger partial charge in [0.25, 0.3) is 0 Å². The molecule has 0 spiro atoms. The molecule has 0 saturated heterocycles. The highest BCUT2D eigenvalue weighted by atomic mass is 19.3. The minimum atomic E-state index is -2.89. The third kappa shape index (κ3) is 5.52. The average Bonchev–Trinajstić information content (AvgIpc) is 2.35. The zero-order chi connectivity index (χ0) is 15.1. The molecule has 1 unspecified atom stereocenters. The van der Waals surface area contributed by atoms with Crippen molar-refractivity contribution in [3.05, 3.63) is 29.8 Å². The highest BCUT2D eigenvalue weighted by molar-refractivity contribution is 5.81. The Bertz CT molecular complexity index is 439. The number of ether oxygens (including phenoxy) is 1. The van der Waals surface area contributed by atoms with Gasteiger partial charge in [-0.25, -0.2) is 0 Å². The standard InChI is InChI=1S/C14H20F2N2O2/c1-9(2)7-11(17)13(19)18-8-10-5-3-4-6-12(10)20-14(15)16/h3-6,9,11,14H,7-8,17H2,1-2H3,(H,18,19). The number of para-hydroxylation sites is 1. The van der Waals surface area contributed by atoms with Gasteiger partial charge in [0.05, 0.1) is 6.04 Å². The quantitative estimate of drug-likeness (QED) is 0.808.